The number of ether oxygens (including phenoxy) is 1. The second-order valence-electron chi connectivity index (χ2n) is 6.65. The van der Waals surface area contributed by atoms with Gasteiger partial charge in [0.1, 0.15) is 5.82 Å². The first-order valence-electron chi connectivity index (χ1n) is 8.28. The summed E-state index contributed by atoms with van der Waals surface area (Å²) >= 11 is 0. The van der Waals surface area contributed by atoms with E-state index in [-0.39, 0.29) is 0 Å². The minimum Gasteiger partial charge on any atom is -0.374 e. The monoisotopic (exact) mass is 289 g/mol. The van der Waals surface area contributed by atoms with Crippen molar-refractivity contribution in [2.45, 2.75) is 51.8 Å². The van der Waals surface area contributed by atoms with E-state index in [4.69, 9.17) is 9.72 Å². The van der Waals surface area contributed by atoms with Crippen LogP contribution in [0, 0.1) is 5.92 Å². The van der Waals surface area contributed by atoms with Crippen molar-refractivity contribution in [1.29, 1.82) is 0 Å². The highest BCUT2D eigenvalue weighted by Gasteiger charge is 2.36. The summed E-state index contributed by atoms with van der Waals surface area (Å²) in [7, 11) is 0. The Morgan fingerprint density at radius 1 is 1.38 bits per heavy atom. The Morgan fingerprint density at radius 3 is 3.05 bits per heavy atom. The molecule has 2 atom stereocenters. The van der Waals surface area contributed by atoms with Crippen LogP contribution in [0.5, 0.6) is 0 Å². The van der Waals surface area contributed by atoms with Gasteiger partial charge in [-0.05, 0) is 43.4 Å². The Hall–Kier alpha value is -1.13. The molecular weight excluding hydrogens is 262 g/mol. The largest absolute Gasteiger partial charge is 0.374 e. The normalized spacial score (nSPS) is 25.4. The average molecular weight is 289 g/mol. The van der Waals surface area contributed by atoms with Gasteiger partial charge in [0.25, 0.3) is 0 Å². The molecule has 1 saturated carbocycles. The highest BCUT2D eigenvalue weighted by molar-refractivity contribution is 5.42. The van der Waals surface area contributed by atoms with Crippen molar-refractivity contribution in [3.05, 3.63) is 23.9 Å². The molecule has 0 aromatic carbocycles. The summed E-state index contributed by atoms with van der Waals surface area (Å²) in [6.45, 7) is 8.21. The fraction of sp³-hybridized carbons (Fsp3) is 0.706. The zero-order valence-corrected chi connectivity index (χ0v) is 13.2. The number of anilines is 1. The molecule has 2 aliphatic rings. The minimum atomic E-state index is 0.424. The molecule has 1 aromatic rings. The molecule has 2 unspecified atom stereocenters. The Kier molecular flexibility index (Phi) is 4.76. The number of nitrogens with zero attached hydrogens (tertiary/aromatic N) is 2. The second kappa shape index (κ2) is 6.75. The molecule has 4 nitrogen and oxygen atoms in total. The van der Waals surface area contributed by atoms with Gasteiger partial charge in [-0.15, -0.1) is 0 Å². The molecule has 0 spiro atoms. The van der Waals surface area contributed by atoms with Gasteiger partial charge in [-0.2, -0.15) is 0 Å². The van der Waals surface area contributed by atoms with E-state index in [1.54, 1.807) is 0 Å². The van der Waals surface area contributed by atoms with E-state index < -0.39 is 0 Å². The number of hydrogen-bond donors (Lipinski definition) is 1. The minimum absolute atomic E-state index is 0.424. The van der Waals surface area contributed by atoms with E-state index >= 15 is 0 Å². The lowest BCUT2D eigenvalue weighted by molar-refractivity contribution is 0.0253. The van der Waals surface area contributed by atoms with Gasteiger partial charge in [0.15, 0.2) is 0 Å². The van der Waals surface area contributed by atoms with Crippen LogP contribution in [0.25, 0.3) is 0 Å². The number of morpholine rings is 1. The highest BCUT2D eigenvalue weighted by Crippen LogP contribution is 2.32. The molecule has 1 aliphatic carbocycles. The van der Waals surface area contributed by atoms with Gasteiger partial charge in [-0.3, -0.25) is 0 Å². The molecule has 1 saturated heterocycles. The first-order chi connectivity index (χ1) is 10.2. The molecule has 0 bridgehead atoms. The third kappa shape index (κ3) is 3.55. The third-order valence-electron chi connectivity index (χ3n) is 4.47. The maximum atomic E-state index is 5.87. The number of rotatable bonds is 5. The number of pyridine rings is 1. The van der Waals surface area contributed by atoms with Crippen LogP contribution >= 0.6 is 0 Å². The van der Waals surface area contributed by atoms with Crippen LogP contribution in [0.3, 0.4) is 0 Å². The number of hydrogen-bond acceptors (Lipinski definition) is 4. The zero-order valence-electron chi connectivity index (χ0n) is 13.2. The van der Waals surface area contributed by atoms with E-state index in [0.29, 0.717) is 18.1 Å². The van der Waals surface area contributed by atoms with Crippen LogP contribution in [0.15, 0.2) is 18.3 Å². The fourth-order valence-corrected chi connectivity index (χ4v) is 3.41. The molecule has 4 heteroatoms. The molecule has 2 heterocycles. The molecule has 1 N–H and O–H groups in total. The van der Waals surface area contributed by atoms with Gasteiger partial charge >= 0.3 is 0 Å². The SMILES string of the molecule is CC(C)CNCc1ccc(N2CCOC3CCCC32)nc1. The predicted octanol–water partition coefficient (Wildman–Crippen LogP) is 2.58. The van der Waals surface area contributed by atoms with Crippen molar-refractivity contribution < 1.29 is 4.74 Å². The lowest BCUT2D eigenvalue weighted by Crippen LogP contribution is -2.49. The fourth-order valence-electron chi connectivity index (χ4n) is 3.41. The topological polar surface area (TPSA) is 37.4 Å². The maximum Gasteiger partial charge on any atom is 0.128 e. The standard InChI is InChI=1S/C17H27N3O/c1-13(2)10-18-11-14-6-7-17(19-12-14)20-8-9-21-16-5-3-4-15(16)20/h6-7,12-13,15-16,18H,3-5,8-11H2,1-2H3. The van der Waals surface area contributed by atoms with E-state index in [1.807, 2.05) is 6.20 Å². The van der Waals surface area contributed by atoms with E-state index in [2.05, 4.69) is 36.2 Å². The predicted molar refractivity (Wildman–Crippen MR) is 85.5 cm³/mol. The summed E-state index contributed by atoms with van der Waals surface area (Å²) in [6.07, 6.45) is 6.17. The Morgan fingerprint density at radius 2 is 2.29 bits per heavy atom. The number of aromatic nitrogens is 1. The third-order valence-corrected chi connectivity index (χ3v) is 4.47. The molecule has 3 rings (SSSR count). The van der Waals surface area contributed by atoms with Crippen molar-refractivity contribution in [3.63, 3.8) is 0 Å². The molecule has 116 valence electrons. The first-order valence-corrected chi connectivity index (χ1v) is 8.28. The van der Waals surface area contributed by atoms with Crippen LogP contribution in [0.4, 0.5) is 5.82 Å². The molecule has 21 heavy (non-hydrogen) atoms. The number of nitrogens with one attached hydrogen (secondary N) is 1. The molecule has 2 fully saturated rings. The van der Waals surface area contributed by atoms with Crippen LogP contribution in [0.1, 0.15) is 38.7 Å². The van der Waals surface area contributed by atoms with Crippen molar-refractivity contribution in [1.82, 2.24) is 10.3 Å². The van der Waals surface area contributed by atoms with Crippen LogP contribution in [0.2, 0.25) is 0 Å². The Balaban J connectivity index is 1.61. The first kappa shape index (κ1) is 14.8. The number of fused-ring (bicyclic) bond motifs is 1. The van der Waals surface area contributed by atoms with E-state index in [9.17, 15) is 0 Å². The molecule has 0 radical (unpaired) electrons. The average Bonchev–Trinajstić information content (AvgIpc) is 2.96. The van der Waals surface area contributed by atoms with E-state index in [0.717, 1.165) is 32.1 Å². The highest BCUT2D eigenvalue weighted by atomic mass is 16.5. The Bertz CT molecular complexity index is 446. The van der Waals surface area contributed by atoms with Crippen molar-refractivity contribution in [2.75, 3.05) is 24.6 Å². The zero-order chi connectivity index (χ0) is 14.7. The van der Waals surface area contributed by atoms with Gasteiger partial charge < -0.3 is 15.0 Å². The van der Waals surface area contributed by atoms with Crippen LogP contribution in [-0.2, 0) is 11.3 Å². The maximum absolute atomic E-state index is 5.87. The van der Waals surface area contributed by atoms with Gasteiger partial charge in [-0.25, -0.2) is 4.98 Å². The van der Waals surface area contributed by atoms with Crippen molar-refractivity contribution in [3.8, 4) is 0 Å². The molecule has 1 aromatic heterocycles. The smallest absolute Gasteiger partial charge is 0.128 e. The van der Waals surface area contributed by atoms with Crippen molar-refractivity contribution >= 4 is 5.82 Å². The molecule has 1 aliphatic heterocycles. The Labute approximate surface area is 127 Å². The van der Waals surface area contributed by atoms with Gasteiger partial charge in [0, 0.05) is 19.3 Å². The van der Waals surface area contributed by atoms with Crippen LogP contribution < -0.4 is 10.2 Å². The van der Waals surface area contributed by atoms with Gasteiger partial charge in [0.05, 0.1) is 18.8 Å². The lowest BCUT2D eigenvalue weighted by Gasteiger charge is -2.38. The van der Waals surface area contributed by atoms with E-state index in [1.165, 1.54) is 24.8 Å². The van der Waals surface area contributed by atoms with Crippen LogP contribution in [-0.4, -0.2) is 36.8 Å². The van der Waals surface area contributed by atoms with Crippen molar-refractivity contribution in [2.24, 2.45) is 5.92 Å². The summed E-state index contributed by atoms with van der Waals surface area (Å²) in [5.74, 6) is 1.80. The summed E-state index contributed by atoms with van der Waals surface area (Å²) in [4.78, 5) is 7.14. The quantitative estimate of drug-likeness (QED) is 0.904. The van der Waals surface area contributed by atoms with Gasteiger partial charge in [0.2, 0.25) is 0 Å². The summed E-state index contributed by atoms with van der Waals surface area (Å²) in [6, 6.07) is 4.92. The lowest BCUT2D eigenvalue weighted by atomic mass is 10.1. The summed E-state index contributed by atoms with van der Waals surface area (Å²) in [5, 5.41) is 3.46. The molecule has 0 amide bonds. The molecular formula is C17H27N3O. The summed E-state index contributed by atoms with van der Waals surface area (Å²) < 4.78 is 5.87. The summed E-state index contributed by atoms with van der Waals surface area (Å²) in [5.41, 5.74) is 1.26. The second-order valence-corrected chi connectivity index (χ2v) is 6.65. The van der Waals surface area contributed by atoms with Gasteiger partial charge in [-0.1, -0.05) is 19.9 Å².